The number of aliphatic carboxylic acids is 1. The molecule has 0 atom stereocenters. The lowest BCUT2D eigenvalue weighted by atomic mass is 10.1. The number of aromatic nitrogens is 2. The van der Waals surface area contributed by atoms with Crippen LogP contribution in [0.15, 0.2) is 79.3 Å². The van der Waals surface area contributed by atoms with E-state index in [4.69, 9.17) is 14.6 Å². The van der Waals surface area contributed by atoms with Crippen LogP contribution >= 0.6 is 0 Å². The number of hydrogen-bond donors (Lipinski definition) is 3. The van der Waals surface area contributed by atoms with Gasteiger partial charge in [-0.05, 0) is 54.4 Å². The number of carbonyl (C=O) groups is 2. The number of hydrogen-bond acceptors (Lipinski definition) is 4. The Morgan fingerprint density at radius 2 is 1.71 bits per heavy atom. The predicted molar refractivity (Wildman–Crippen MR) is 120 cm³/mol. The van der Waals surface area contributed by atoms with Crippen LogP contribution in [0.2, 0.25) is 0 Å². The standard InChI is InChI=1S/C22H19N3O2.C2HF3O2/c26-22(12-7-16-14-24-21-6-2-1-5-20(16)21)25-17-8-10-18(11-9-17)27-19-4-3-13-23-15-19;3-2(4,5)1(6)7/h1-6,8-11,13-15,24H,7,12H2,(H,25,26);(H,6,7). The van der Waals surface area contributed by atoms with Gasteiger partial charge < -0.3 is 20.1 Å². The molecule has 0 aliphatic heterocycles. The topological polar surface area (TPSA) is 104 Å². The number of anilines is 1. The van der Waals surface area contributed by atoms with Gasteiger partial charge >= 0.3 is 12.1 Å². The molecule has 0 spiro atoms. The first-order valence-electron chi connectivity index (χ1n) is 10.1. The molecule has 0 saturated heterocycles. The van der Waals surface area contributed by atoms with Gasteiger partial charge in [-0.25, -0.2) is 4.79 Å². The summed E-state index contributed by atoms with van der Waals surface area (Å²) >= 11 is 0. The Labute approximate surface area is 192 Å². The van der Waals surface area contributed by atoms with Crippen molar-refractivity contribution in [1.82, 2.24) is 9.97 Å². The minimum absolute atomic E-state index is 0.0128. The normalized spacial score (nSPS) is 10.8. The van der Waals surface area contributed by atoms with E-state index < -0.39 is 12.1 Å². The number of amides is 1. The second-order valence-electron chi connectivity index (χ2n) is 7.03. The zero-order chi connectivity index (χ0) is 24.6. The maximum Gasteiger partial charge on any atom is 0.490 e. The maximum absolute atomic E-state index is 12.3. The smallest absolute Gasteiger partial charge is 0.475 e. The van der Waals surface area contributed by atoms with Crippen LogP contribution in [0.5, 0.6) is 11.5 Å². The van der Waals surface area contributed by atoms with Crippen LogP contribution in [0.3, 0.4) is 0 Å². The Morgan fingerprint density at radius 3 is 2.35 bits per heavy atom. The number of fused-ring (bicyclic) bond motifs is 1. The molecule has 0 radical (unpaired) electrons. The van der Waals surface area contributed by atoms with E-state index in [1.54, 1.807) is 12.4 Å². The molecule has 4 rings (SSSR count). The predicted octanol–water partition coefficient (Wildman–Crippen LogP) is 5.56. The van der Waals surface area contributed by atoms with Gasteiger partial charge in [0.15, 0.2) is 0 Å². The van der Waals surface area contributed by atoms with Gasteiger partial charge in [-0.1, -0.05) is 18.2 Å². The van der Waals surface area contributed by atoms with Gasteiger partial charge in [-0.2, -0.15) is 13.2 Å². The number of para-hydroxylation sites is 1. The van der Waals surface area contributed by atoms with Crippen LogP contribution in [-0.2, 0) is 16.0 Å². The Bertz CT molecular complexity index is 1240. The van der Waals surface area contributed by atoms with Crippen molar-refractivity contribution in [2.45, 2.75) is 19.0 Å². The number of aryl methyl sites for hydroxylation is 1. The van der Waals surface area contributed by atoms with Crippen molar-refractivity contribution in [2.24, 2.45) is 0 Å². The first kappa shape index (κ1) is 24.3. The van der Waals surface area contributed by atoms with Gasteiger partial charge in [0, 0.05) is 35.4 Å². The number of nitrogens with zero attached hydrogens (tertiary/aromatic N) is 1. The third kappa shape index (κ3) is 7.09. The third-order valence-corrected chi connectivity index (χ3v) is 4.55. The zero-order valence-corrected chi connectivity index (χ0v) is 17.7. The molecule has 2 aromatic heterocycles. The SMILES string of the molecule is O=C(CCc1c[nH]c2ccccc12)Nc1ccc(Oc2cccnc2)cc1.O=C(O)C(F)(F)F. The number of carboxylic acid groups (broad SMARTS) is 1. The molecule has 0 bridgehead atoms. The summed E-state index contributed by atoms with van der Waals surface area (Å²) in [5.74, 6) is -1.40. The van der Waals surface area contributed by atoms with Gasteiger partial charge in [-0.15, -0.1) is 0 Å². The van der Waals surface area contributed by atoms with Crippen molar-refractivity contribution in [2.75, 3.05) is 5.32 Å². The van der Waals surface area contributed by atoms with Gasteiger partial charge in [0.1, 0.15) is 11.5 Å². The average molecular weight is 471 g/mol. The van der Waals surface area contributed by atoms with Crippen LogP contribution in [0.25, 0.3) is 10.9 Å². The highest BCUT2D eigenvalue weighted by molar-refractivity contribution is 5.91. The minimum atomic E-state index is -5.08. The summed E-state index contributed by atoms with van der Waals surface area (Å²) in [6.07, 6.45) is 1.36. The first-order chi connectivity index (χ1) is 16.2. The molecule has 176 valence electrons. The molecule has 10 heteroatoms. The van der Waals surface area contributed by atoms with Crippen LogP contribution in [-0.4, -0.2) is 33.1 Å². The number of benzene rings is 2. The molecule has 1 amide bonds. The average Bonchev–Trinajstić information content (AvgIpc) is 3.23. The third-order valence-electron chi connectivity index (χ3n) is 4.55. The zero-order valence-electron chi connectivity index (χ0n) is 17.7. The van der Waals surface area contributed by atoms with E-state index in [-0.39, 0.29) is 5.91 Å². The fourth-order valence-electron chi connectivity index (χ4n) is 2.96. The van der Waals surface area contributed by atoms with Gasteiger partial charge in [0.25, 0.3) is 0 Å². The molecule has 34 heavy (non-hydrogen) atoms. The Kier molecular flexibility index (Phi) is 7.86. The molecule has 0 unspecified atom stereocenters. The van der Waals surface area contributed by atoms with Crippen molar-refractivity contribution in [3.05, 3.63) is 84.8 Å². The lowest BCUT2D eigenvalue weighted by Crippen LogP contribution is -2.21. The van der Waals surface area contributed by atoms with Crippen LogP contribution in [0.1, 0.15) is 12.0 Å². The highest BCUT2D eigenvalue weighted by atomic mass is 19.4. The summed E-state index contributed by atoms with van der Waals surface area (Å²) in [5, 5.41) is 11.2. The fraction of sp³-hybridized carbons (Fsp3) is 0.125. The number of nitrogens with one attached hydrogen (secondary N) is 2. The van der Waals surface area contributed by atoms with Crippen molar-refractivity contribution < 1.29 is 32.6 Å². The Balaban J connectivity index is 0.000000406. The van der Waals surface area contributed by atoms with E-state index in [0.717, 1.165) is 16.8 Å². The van der Waals surface area contributed by atoms with Crippen molar-refractivity contribution in [3.8, 4) is 11.5 Å². The molecule has 0 saturated carbocycles. The molecule has 3 N–H and O–H groups in total. The quantitative estimate of drug-likeness (QED) is 0.342. The summed E-state index contributed by atoms with van der Waals surface area (Å²) in [6.45, 7) is 0. The van der Waals surface area contributed by atoms with E-state index in [1.165, 1.54) is 5.39 Å². The summed E-state index contributed by atoms with van der Waals surface area (Å²) < 4.78 is 37.4. The number of rotatable bonds is 6. The monoisotopic (exact) mass is 471 g/mol. The molecule has 4 aromatic rings. The molecule has 0 aliphatic rings. The highest BCUT2D eigenvalue weighted by Gasteiger charge is 2.38. The van der Waals surface area contributed by atoms with E-state index in [1.807, 2.05) is 60.8 Å². The Morgan fingerprint density at radius 1 is 1.00 bits per heavy atom. The number of aromatic amines is 1. The summed E-state index contributed by atoms with van der Waals surface area (Å²) in [6, 6.07) is 19.1. The van der Waals surface area contributed by atoms with Gasteiger partial charge in [0.05, 0.1) is 6.20 Å². The number of pyridine rings is 1. The van der Waals surface area contributed by atoms with E-state index in [0.29, 0.717) is 24.3 Å². The molecule has 2 heterocycles. The second-order valence-corrected chi connectivity index (χ2v) is 7.03. The largest absolute Gasteiger partial charge is 0.490 e. The molecular formula is C24H20F3N3O4. The Hall–Kier alpha value is -4.34. The number of carboxylic acids is 1. The molecular weight excluding hydrogens is 451 g/mol. The van der Waals surface area contributed by atoms with Crippen molar-refractivity contribution in [1.29, 1.82) is 0 Å². The fourth-order valence-corrected chi connectivity index (χ4v) is 2.96. The number of ether oxygens (including phenoxy) is 1. The maximum atomic E-state index is 12.3. The summed E-state index contributed by atoms with van der Waals surface area (Å²) in [5.41, 5.74) is 3.00. The molecule has 2 aromatic carbocycles. The molecule has 0 fully saturated rings. The lowest BCUT2D eigenvalue weighted by molar-refractivity contribution is -0.192. The molecule has 7 nitrogen and oxygen atoms in total. The van der Waals surface area contributed by atoms with E-state index in [2.05, 4.69) is 21.4 Å². The van der Waals surface area contributed by atoms with Crippen molar-refractivity contribution in [3.63, 3.8) is 0 Å². The van der Waals surface area contributed by atoms with Crippen LogP contribution < -0.4 is 10.1 Å². The summed E-state index contributed by atoms with van der Waals surface area (Å²) in [4.78, 5) is 28.4. The number of alkyl halides is 3. The highest BCUT2D eigenvalue weighted by Crippen LogP contribution is 2.23. The minimum Gasteiger partial charge on any atom is -0.475 e. The van der Waals surface area contributed by atoms with E-state index >= 15 is 0 Å². The number of H-pyrrole nitrogens is 1. The lowest BCUT2D eigenvalue weighted by Gasteiger charge is -2.08. The van der Waals surface area contributed by atoms with E-state index in [9.17, 15) is 18.0 Å². The molecule has 0 aliphatic carbocycles. The van der Waals surface area contributed by atoms with Gasteiger partial charge in [-0.3, -0.25) is 9.78 Å². The van der Waals surface area contributed by atoms with Crippen LogP contribution in [0.4, 0.5) is 18.9 Å². The van der Waals surface area contributed by atoms with Gasteiger partial charge in [0.2, 0.25) is 5.91 Å². The number of halogens is 3. The van der Waals surface area contributed by atoms with Crippen LogP contribution in [0, 0.1) is 0 Å². The first-order valence-corrected chi connectivity index (χ1v) is 10.1. The second kappa shape index (κ2) is 11.0. The van der Waals surface area contributed by atoms with Crippen molar-refractivity contribution >= 4 is 28.5 Å². The summed E-state index contributed by atoms with van der Waals surface area (Å²) in [7, 11) is 0. The number of carbonyl (C=O) groups excluding carboxylic acids is 1.